The molecule has 3 amide bonds. The molecule has 2 heterocycles. The maximum absolute atomic E-state index is 12.5. The first-order valence-electron chi connectivity index (χ1n) is 13.2. The summed E-state index contributed by atoms with van der Waals surface area (Å²) in [6, 6.07) is 5.25. The van der Waals surface area contributed by atoms with E-state index in [0.717, 1.165) is 31.2 Å². The number of halogens is 3. The Balaban J connectivity index is 0.000000745. The number of hydrogen-bond donors (Lipinski definition) is 3. The molecule has 14 heteroatoms. The van der Waals surface area contributed by atoms with E-state index in [4.69, 9.17) is 19.7 Å². The van der Waals surface area contributed by atoms with Gasteiger partial charge in [0.15, 0.2) is 0 Å². The van der Waals surface area contributed by atoms with Crippen molar-refractivity contribution in [2.45, 2.75) is 77.6 Å². The van der Waals surface area contributed by atoms with Gasteiger partial charge < -0.3 is 30.1 Å². The summed E-state index contributed by atoms with van der Waals surface area (Å²) in [5.41, 5.74) is 1.43. The van der Waals surface area contributed by atoms with Crippen molar-refractivity contribution in [2.75, 3.05) is 25.0 Å². The van der Waals surface area contributed by atoms with Gasteiger partial charge in [-0.25, -0.2) is 9.59 Å². The van der Waals surface area contributed by atoms with Crippen LogP contribution in [0, 0.1) is 5.92 Å². The largest absolute Gasteiger partial charge is 0.490 e. The molecule has 3 rings (SSSR count). The minimum atomic E-state index is -5.08. The number of nitrogens with one attached hydrogen (secondary N) is 1. The molecule has 3 N–H and O–H groups in total. The quantitative estimate of drug-likeness (QED) is 0.402. The van der Waals surface area contributed by atoms with E-state index in [1.807, 2.05) is 26.8 Å². The van der Waals surface area contributed by atoms with Gasteiger partial charge in [0.2, 0.25) is 5.91 Å². The van der Waals surface area contributed by atoms with Gasteiger partial charge in [0, 0.05) is 43.9 Å². The molecule has 0 spiro atoms. The SMILES string of the molecule is CC(C)(C)OC(=O)N1CCC(CCCC(=O)Nc2ccc3c(c2)C(=O)N(CCC(=O)O)C3)CC1.O=C(O)C(F)(F)F. The van der Waals surface area contributed by atoms with Crippen LogP contribution < -0.4 is 5.32 Å². The molecule has 0 unspecified atom stereocenters. The van der Waals surface area contributed by atoms with Crippen LogP contribution >= 0.6 is 0 Å². The number of hydrogen-bond acceptors (Lipinski definition) is 6. The van der Waals surface area contributed by atoms with E-state index >= 15 is 0 Å². The molecule has 0 aliphatic carbocycles. The number of anilines is 1. The monoisotopic (exact) mass is 587 g/mol. The number of aliphatic carboxylic acids is 2. The number of ether oxygens (including phenoxy) is 1. The van der Waals surface area contributed by atoms with Crippen LogP contribution in [0.2, 0.25) is 0 Å². The number of amides is 3. The van der Waals surface area contributed by atoms with E-state index in [0.29, 0.717) is 43.2 Å². The van der Waals surface area contributed by atoms with Crippen LogP contribution in [0.25, 0.3) is 0 Å². The molecule has 0 bridgehead atoms. The third-order valence-electron chi connectivity index (χ3n) is 6.39. The molecule has 2 aliphatic heterocycles. The summed E-state index contributed by atoms with van der Waals surface area (Å²) in [7, 11) is 0. The highest BCUT2D eigenvalue weighted by Gasteiger charge is 2.38. The Morgan fingerprint density at radius 1 is 1.05 bits per heavy atom. The number of fused-ring (bicyclic) bond motifs is 1. The molecule has 1 aromatic carbocycles. The second-order valence-corrected chi connectivity index (χ2v) is 10.9. The number of alkyl halides is 3. The number of nitrogens with zero attached hydrogens (tertiary/aromatic N) is 2. The summed E-state index contributed by atoms with van der Waals surface area (Å²) in [5, 5.41) is 18.8. The predicted molar refractivity (Wildman–Crippen MR) is 140 cm³/mol. The third kappa shape index (κ3) is 11.3. The topological polar surface area (TPSA) is 154 Å². The van der Waals surface area contributed by atoms with E-state index in [-0.39, 0.29) is 30.9 Å². The second-order valence-electron chi connectivity index (χ2n) is 10.9. The standard InChI is InChI=1S/C25H35N3O6.C2HF3O2/c1-25(2,3)34-24(33)27-12-9-17(10-13-27)5-4-6-21(29)26-19-8-7-18-16-28(14-11-22(30)31)23(32)20(18)15-19;3-2(4,5)1(6)7/h7-8,15,17H,4-6,9-14,16H2,1-3H3,(H,26,29)(H,30,31);(H,6,7). The van der Waals surface area contributed by atoms with E-state index in [2.05, 4.69) is 5.32 Å². The van der Waals surface area contributed by atoms with Crippen molar-refractivity contribution < 1.29 is 52.1 Å². The average molecular weight is 588 g/mol. The Labute approximate surface area is 235 Å². The predicted octanol–water partition coefficient (Wildman–Crippen LogP) is 4.51. The molecule has 228 valence electrons. The Hall–Kier alpha value is -3.84. The van der Waals surface area contributed by atoms with E-state index in [9.17, 15) is 32.3 Å². The van der Waals surface area contributed by atoms with Crippen LogP contribution in [0.3, 0.4) is 0 Å². The molecule has 41 heavy (non-hydrogen) atoms. The summed E-state index contributed by atoms with van der Waals surface area (Å²) in [4.78, 5) is 60.0. The normalized spacial score (nSPS) is 15.5. The fourth-order valence-corrected chi connectivity index (χ4v) is 4.36. The summed E-state index contributed by atoms with van der Waals surface area (Å²) in [6.07, 6.45) is -1.54. The number of carboxylic acids is 2. The molecule has 0 saturated carbocycles. The number of likely N-dealkylation sites (tertiary alicyclic amines) is 1. The molecule has 1 saturated heterocycles. The van der Waals surface area contributed by atoms with E-state index in [1.165, 1.54) is 4.90 Å². The molecule has 2 aliphatic rings. The number of carboxylic acid groups (broad SMARTS) is 2. The smallest absolute Gasteiger partial charge is 0.481 e. The molecular weight excluding hydrogens is 551 g/mol. The Kier molecular flexibility index (Phi) is 11.5. The number of carbonyl (C=O) groups excluding carboxylic acids is 3. The van der Waals surface area contributed by atoms with E-state index in [1.54, 1.807) is 17.0 Å². The molecule has 0 atom stereocenters. The zero-order valence-electron chi connectivity index (χ0n) is 23.3. The zero-order valence-corrected chi connectivity index (χ0v) is 23.3. The van der Waals surface area contributed by atoms with Gasteiger partial charge in [-0.05, 0) is 70.1 Å². The molecule has 11 nitrogen and oxygen atoms in total. The summed E-state index contributed by atoms with van der Waals surface area (Å²) >= 11 is 0. The number of carbonyl (C=O) groups is 5. The summed E-state index contributed by atoms with van der Waals surface area (Å²) in [6.45, 7) is 7.50. The van der Waals surface area contributed by atoms with Gasteiger partial charge in [-0.3, -0.25) is 14.4 Å². The second kappa shape index (κ2) is 14.2. The molecule has 0 radical (unpaired) electrons. The van der Waals surface area contributed by atoms with Gasteiger partial charge in [-0.1, -0.05) is 6.07 Å². The van der Waals surface area contributed by atoms with Crippen molar-refractivity contribution >= 4 is 35.5 Å². The van der Waals surface area contributed by atoms with Crippen LogP contribution in [0.5, 0.6) is 0 Å². The van der Waals surface area contributed by atoms with Crippen molar-refractivity contribution in [3.05, 3.63) is 29.3 Å². The molecular formula is C27H36F3N3O8. The molecule has 1 aromatic rings. The fraction of sp³-hybridized carbons (Fsp3) is 0.593. The van der Waals surface area contributed by atoms with Crippen LogP contribution in [0.1, 0.15) is 75.2 Å². The number of rotatable bonds is 8. The van der Waals surface area contributed by atoms with Crippen molar-refractivity contribution in [1.82, 2.24) is 9.80 Å². The van der Waals surface area contributed by atoms with Gasteiger partial charge in [0.05, 0.1) is 6.42 Å². The Morgan fingerprint density at radius 3 is 2.20 bits per heavy atom. The van der Waals surface area contributed by atoms with Crippen molar-refractivity contribution in [1.29, 1.82) is 0 Å². The first-order chi connectivity index (χ1) is 19.0. The lowest BCUT2D eigenvalue weighted by Crippen LogP contribution is -2.41. The highest BCUT2D eigenvalue weighted by molar-refractivity contribution is 6.00. The van der Waals surface area contributed by atoms with Gasteiger partial charge >= 0.3 is 24.2 Å². The van der Waals surface area contributed by atoms with Crippen molar-refractivity contribution in [2.24, 2.45) is 5.92 Å². The average Bonchev–Trinajstić information content (AvgIpc) is 3.16. The molecule has 0 aromatic heterocycles. The first-order valence-corrected chi connectivity index (χ1v) is 13.2. The maximum Gasteiger partial charge on any atom is 0.490 e. The lowest BCUT2D eigenvalue weighted by Gasteiger charge is -2.33. The van der Waals surface area contributed by atoms with Crippen LogP contribution in [0.15, 0.2) is 18.2 Å². The lowest BCUT2D eigenvalue weighted by molar-refractivity contribution is -0.192. The van der Waals surface area contributed by atoms with Gasteiger partial charge in [0.1, 0.15) is 5.60 Å². The minimum Gasteiger partial charge on any atom is -0.481 e. The van der Waals surface area contributed by atoms with Gasteiger partial charge in [-0.2, -0.15) is 13.2 Å². The fourth-order valence-electron chi connectivity index (χ4n) is 4.36. The minimum absolute atomic E-state index is 0.0939. The highest BCUT2D eigenvalue weighted by Crippen LogP contribution is 2.27. The zero-order chi connectivity index (χ0) is 31.0. The summed E-state index contributed by atoms with van der Waals surface area (Å²) in [5.74, 6) is -3.51. The van der Waals surface area contributed by atoms with Gasteiger partial charge in [-0.15, -0.1) is 0 Å². The Bertz CT molecular complexity index is 1130. The summed E-state index contributed by atoms with van der Waals surface area (Å²) < 4.78 is 37.2. The van der Waals surface area contributed by atoms with Crippen molar-refractivity contribution in [3.63, 3.8) is 0 Å². The molecule has 1 fully saturated rings. The van der Waals surface area contributed by atoms with Crippen LogP contribution in [-0.4, -0.2) is 81.3 Å². The van der Waals surface area contributed by atoms with Crippen LogP contribution in [0.4, 0.5) is 23.7 Å². The van der Waals surface area contributed by atoms with E-state index < -0.39 is 23.7 Å². The third-order valence-corrected chi connectivity index (χ3v) is 6.39. The number of benzene rings is 1. The lowest BCUT2D eigenvalue weighted by atomic mass is 9.91. The van der Waals surface area contributed by atoms with Gasteiger partial charge in [0.25, 0.3) is 5.91 Å². The van der Waals surface area contributed by atoms with Crippen LogP contribution in [-0.2, 0) is 25.7 Å². The number of piperidine rings is 1. The first kappa shape index (κ1) is 33.4. The van der Waals surface area contributed by atoms with Crippen molar-refractivity contribution in [3.8, 4) is 0 Å². The highest BCUT2D eigenvalue weighted by atomic mass is 19.4. The maximum atomic E-state index is 12.5. The Morgan fingerprint density at radius 2 is 1.66 bits per heavy atom.